The standard InChI is InChI=1S/C19H23F3N2O5/c1-11(25)28-10-19(23)8-24(9-19)18(26)29-14-4-12(5-14)6-27-7-13-2-3-15(20)17(22)16(13)21/h2-3,12,14H,4-10,23H2,1H3/t12-,14+. The van der Waals surface area contributed by atoms with Crippen LogP contribution < -0.4 is 5.73 Å². The Kier molecular flexibility index (Phi) is 6.33. The minimum absolute atomic E-state index is 0.0491. The zero-order valence-corrected chi connectivity index (χ0v) is 16.0. The maximum atomic E-state index is 13.6. The molecule has 0 atom stereocenters. The van der Waals surface area contributed by atoms with E-state index in [4.69, 9.17) is 19.9 Å². The minimum Gasteiger partial charge on any atom is -0.464 e. The lowest BCUT2D eigenvalue weighted by molar-refractivity contribution is -0.144. The Morgan fingerprint density at radius 3 is 2.55 bits per heavy atom. The van der Waals surface area contributed by atoms with Gasteiger partial charge in [-0.1, -0.05) is 6.07 Å². The molecule has 1 heterocycles. The number of nitrogens with zero attached hydrogens (tertiary/aromatic N) is 1. The third-order valence-electron chi connectivity index (χ3n) is 5.02. The molecule has 29 heavy (non-hydrogen) atoms. The number of halogens is 3. The first-order valence-corrected chi connectivity index (χ1v) is 9.25. The predicted molar refractivity (Wildman–Crippen MR) is 94.1 cm³/mol. The average Bonchev–Trinajstić information content (AvgIpc) is 2.61. The third kappa shape index (κ3) is 5.18. The second kappa shape index (κ2) is 8.58. The monoisotopic (exact) mass is 416 g/mol. The zero-order valence-electron chi connectivity index (χ0n) is 16.0. The van der Waals surface area contributed by atoms with Crippen LogP contribution in [0.3, 0.4) is 0 Å². The normalized spacial score (nSPS) is 22.4. The van der Waals surface area contributed by atoms with Crippen LogP contribution >= 0.6 is 0 Å². The van der Waals surface area contributed by atoms with Gasteiger partial charge in [-0.2, -0.15) is 0 Å². The van der Waals surface area contributed by atoms with Crippen LogP contribution in [0.1, 0.15) is 25.3 Å². The van der Waals surface area contributed by atoms with Gasteiger partial charge in [0.1, 0.15) is 12.7 Å². The molecular formula is C19H23F3N2O5. The van der Waals surface area contributed by atoms with Gasteiger partial charge in [-0.3, -0.25) is 4.79 Å². The van der Waals surface area contributed by atoms with E-state index in [1.807, 2.05) is 0 Å². The molecule has 1 aliphatic carbocycles. The number of rotatable bonds is 7. The van der Waals surface area contributed by atoms with Crippen molar-refractivity contribution >= 4 is 12.1 Å². The molecule has 0 unspecified atom stereocenters. The topological polar surface area (TPSA) is 91.1 Å². The van der Waals surface area contributed by atoms with Crippen molar-refractivity contribution in [2.24, 2.45) is 11.7 Å². The number of nitrogens with two attached hydrogens (primary N) is 1. The Bertz CT molecular complexity index is 779. The number of likely N-dealkylation sites (tertiary alicyclic amines) is 1. The maximum Gasteiger partial charge on any atom is 0.410 e. The van der Waals surface area contributed by atoms with Gasteiger partial charge >= 0.3 is 12.1 Å². The summed E-state index contributed by atoms with van der Waals surface area (Å²) in [4.78, 5) is 24.3. The molecule has 7 nitrogen and oxygen atoms in total. The number of ether oxygens (including phenoxy) is 3. The van der Waals surface area contributed by atoms with Gasteiger partial charge in [-0.25, -0.2) is 18.0 Å². The van der Waals surface area contributed by atoms with E-state index >= 15 is 0 Å². The summed E-state index contributed by atoms with van der Waals surface area (Å²) in [5.74, 6) is -4.29. The maximum absolute atomic E-state index is 13.6. The van der Waals surface area contributed by atoms with Crippen molar-refractivity contribution in [3.8, 4) is 0 Å². The van der Waals surface area contributed by atoms with Crippen LogP contribution in [-0.2, 0) is 25.6 Å². The second-order valence-electron chi connectivity index (χ2n) is 7.69. The van der Waals surface area contributed by atoms with Gasteiger partial charge in [0.2, 0.25) is 0 Å². The summed E-state index contributed by atoms with van der Waals surface area (Å²) >= 11 is 0. The van der Waals surface area contributed by atoms with Gasteiger partial charge < -0.3 is 24.8 Å². The molecule has 0 aromatic heterocycles. The number of esters is 1. The van der Waals surface area contributed by atoms with Gasteiger partial charge in [0, 0.05) is 25.6 Å². The number of hydrogen-bond donors (Lipinski definition) is 1. The van der Waals surface area contributed by atoms with Gasteiger partial charge in [-0.15, -0.1) is 0 Å². The van der Waals surface area contributed by atoms with Crippen molar-refractivity contribution in [1.29, 1.82) is 0 Å². The molecule has 2 N–H and O–H groups in total. The van der Waals surface area contributed by atoms with E-state index in [2.05, 4.69) is 0 Å². The van der Waals surface area contributed by atoms with Crippen LogP contribution in [0.15, 0.2) is 12.1 Å². The van der Waals surface area contributed by atoms with E-state index in [9.17, 15) is 22.8 Å². The molecule has 0 radical (unpaired) electrons. The molecule has 160 valence electrons. The molecule has 1 saturated heterocycles. The Labute approximate surface area is 165 Å². The molecule has 2 fully saturated rings. The van der Waals surface area contributed by atoms with Gasteiger partial charge in [0.15, 0.2) is 17.5 Å². The van der Waals surface area contributed by atoms with Crippen molar-refractivity contribution in [3.63, 3.8) is 0 Å². The van der Waals surface area contributed by atoms with E-state index in [0.717, 1.165) is 12.1 Å². The van der Waals surface area contributed by atoms with Crippen molar-refractivity contribution in [2.75, 3.05) is 26.3 Å². The number of carbonyl (C=O) groups excluding carboxylic acids is 2. The Hall–Kier alpha value is -2.33. The fourth-order valence-electron chi connectivity index (χ4n) is 3.32. The van der Waals surface area contributed by atoms with Crippen molar-refractivity contribution < 1.29 is 37.0 Å². The van der Waals surface area contributed by atoms with Crippen molar-refractivity contribution in [2.45, 2.75) is 38.0 Å². The summed E-state index contributed by atoms with van der Waals surface area (Å²) in [6.07, 6.45) is 0.488. The molecule has 0 bridgehead atoms. The van der Waals surface area contributed by atoms with Gasteiger partial charge in [0.25, 0.3) is 0 Å². The molecule has 1 aliphatic heterocycles. The highest BCUT2D eigenvalue weighted by atomic mass is 19.2. The van der Waals surface area contributed by atoms with Crippen LogP contribution in [-0.4, -0.2) is 54.9 Å². The summed E-state index contributed by atoms with van der Waals surface area (Å²) < 4.78 is 55.2. The quantitative estimate of drug-likeness (QED) is 0.541. The summed E-state index contributed by atoms with van der Waals surface area (Å²) in [5, 5.41) is 0. The van der Waals surface area contributed by atoms with Crippen molar-refractivity contribution in [1.82, 2.24) is 4.90 Å². The molecule has 0 spiro atoms. The summed E-state index contributed by atoms with van der Waals surface area (Å²) in [6.45, 7) is 1.96. The van der Waals surface area contributed by atoms with E-state index in [1.54, 1.807) is 0 Å². The Morgan fingerprint density at radius 1 is 1.21 bits per heavy atom. The summed E-state index contributed by atoms with van der Waals surface area (Å²) in [6, 6.07) is 2.00. The fourth-order valence-corrected chi connectivity index (χ4v) is 3.32. The smallest absolute Gasteiger partial charge is 0.410 e. The number of carbonyl (C=O) groups is 2. The first kappa shape index (κ1) is 21.4. The van der Waals surface area contributed by atoms with E-state index in [0.29, 0.717) is 19.4 Å². The first-order valence-electron chi connectivity index (χ1n) is 9.25. The molecule has 10 heteroatoms. The average molecular weight is 416 g/mol. The molecule has 2 aliphatic rings. The lowest BCUT2D eigenvalue weighted by Gasteiger charge is -2.47. The van der Waals surface area contributed by atoms with Crippen LogP contribution in [0.4, 0.5) is 18.0 Å². The first-order chi connectivity index (χ1) is 13.7. The molecule has 1 saturated carbocycles. The molecule has 1 amide bonds. The largest absolute Gasteiger partial charge is 0.464 e. The van der Waals surface area contributed by atoms with E-state index in [-0.39, 0.29) is 43.9 Å². The van der Waals surface area contributed by atoms with Gasteiger partial charge in [0.05, 0.1) is 18.8 Å². The highest BCUT2D eigenvalue weighted by molar-refractivity contribution is 5.70. The minimum atomic E-state index is -1.51. The SMILES string of the molecule is CC(=O)OCC1(N)CN(C(=O)O[C@H]2C[C@@H](COCc3ccc(F)c(F)c3F)C2)C1. The molecule has 1 aromatic carbocycles. The molecule has 1 aromatic rings. The number of amides is 1. The number of hydrogen-bond acceptors (Lipinski definition) is 6. The van der Waals surface area contributed by atoms with E-state index in [1.165, 1.54) is 11.8 Å². The Balaban J connectivity index is 1.30. The van der Waals surface area contributed by atoms with Crippen LogP contribution in [0.5, 0.6) is 0 Å². The van der Waals surface area contributed by atoms with Crippen molar-refractivity contribution in [3.05, 3.63) is 35.1 Å². The second-order valence-corrected chi connectivity index (χ2v) is 7.69. The summed E-state index contributed by atoms with van der Waals surface area (Å²) in [5.41, 5.74) is 5.20. The molecular weight excluding hydrogens is 393 g/mol. The lowest BCUT2D eigenvalue weighted by Crippen LogP contribution is -2.71. The van der Waals surface area contributed by atoms with Crippen LogP contribution in [0.2, 0.25) is 0 Å². The highest BCUT2D eigenvalue weighted by Crippen LogP contribution is 2.32. The number of benzene rings is 1. The van der Waals surface area contributed by atoms with Crippen LogP contribution in [0, 0.1) is 23.4 Å². The van der Waals surface area contributed by atoms with Crippen LogP contribution in [0.25, 0.3) is 0 Å². The lowest BCUT2D eigenvalue weighted by atomic mass is 9.83. The fraction of sp³-hybridized carbons (Fsp3) is 0.579. The predicted octanol–water partition coefficient (Wildman–Crippen LogP) is 2.11. The summed E-state index contributed by atoms with van der Waals surface area (Å²) in [7, 11) is 0. The zero-order chi connectivity index (χ0) is 21.2. The third-order valence-corrected chi connectivity index (χ3v) is 5.02. The molecule has 3 rings (SSSR count). The Morgan fingerprint density at radius 2 is 1.90 bits per heavy atom. The van der Waals surface area contributed by atoms with Gasteiger partial charge in [-0.05, 0) is 24.8 Å². The highest BCUT2D eigenvalue weighted by Gasteiger charge is 2.45. The van der Waals surface area contributed by atoms with E-state index < -0.39 is 35.1 Å².